The Hall–Kier alpha value is -2.63. The Balaban J connectivity index is 1.30. The lowest BCUT2D eigenvalue weighted by Gasteiger charge is -2.34. The molecule has 0 bridgehead atoms. The highest BCUT2D eigenvalue weighted by molar-refractivity contribution is 6.30. The lowest BCUT2D eigenvalue weighted by atomic mass is 10.2. The maximum Gasteiger partial charge on any atom is 0.272 e. The molecule has 0 unspecified atom stereocenters. The number of hydrogen-bond acceptors (Lipinski definition) is 3. The van der Waals surface area contributed by atoms with E-state index < -0.39 is 0 Å². The van der Waals surface area contributed by atoms with Crippen molar-refractivity contribution in [3.8, 4) is 5.69 Å². The molecule has 5 nitrogen and oxygen atoms in total. The van der Waals surface area contributed by atoms with Gasteiger partial charge in [0.25, 0.3) is 5.91 Å². The first-order valence-electron chi connectivity index (χ1n) is 10.6. The van der Waals surface area contributed by atoms with E-state index >= 15 is 0 Å². The molecular formula is C24H25ClN4O. The van der Waals surface area contributed by atoms with E-state index in [-0.39, 0.29) is 5.91 Å². The van der Waals surface area contributed by atoms with E-state index in [2.05, 4.69) is 11.0 Å². The normalized spacial score (nSPS) is 17.3. The van der Waals surface area contributed by atoms with Crippen LogP contribution in [0.2, 0.25) is 5.02 Å². The second-order valence-corrected chi connectivity index (χ2v) is 8.61. The van der Waals surface area contributed by atoms with E-state index in [1.54, 1.807) is 0 Å². The number of carbonyl (C=O) groups is 1. The average Bonchev–Trinajstić information content (AvgIpc) is 3.53. The molecule has 0 spiro atoms. The molecule has 30 heavy (non-hydrogen) atoms. The standard InChI is InChI=1S/C24H25ClN4O/c25-20-6-4-5-18(15-20)17-27-11-13-28(14-12-27)24(30)23-16-22(19-9-10-19)26-29(23)21-7-2-1-3-8-21/h1-8,15-16,19H,9-14,17H2. The van der Waals surface area contributed by atoms with Gasteiger partial charge in [-0.2, -0.15) is 5.10 Å². The van der Waals surface area contributed by atoms with E-state index in [4.69, 9.17) is 16.7 Å². The molecule has 2 aliphatic rings. The fourth-order valence-corrected chi connectivity index (χ4v) is 4.27. The van der Waals surface area contributed by atoms with Gasteiger partial charge in [0.15, 0.2) is 0 Å². The fraction of sp³-hybridized carbons (Fsp3) is 0.333. The molecule has 0 radical (unpaired) electrons. The molecule has 6 heteroatoms. The van der Waals surface area contributed by atoms with E-state index in [0.717, 1.165) is 49.1 Å². The van der Waals surface area contributed by atoms with Crippen molar-refractivity contribution < 1.29 is 4.79 Å². The van der Waals surface area contributed by atoms with Crippen molar-refractivity contribution in [1.29, 1.82) is 0 Å². The number of rotatable bonds is 5. The second kappa shape index (κ2) is 8.25. The lowest BCUT2D eigenvalue weighted by molar-refractivity contribution is 0.0619. The van der Waals surface area contributed by atoms with Crippen molar-refractivity contribution in [3.63, 3.8) is 0 Å². The molecule has 1 amide bonds. The summed E-state index contributed by atoms with van der Waals surface area (Å²) in [5, 5.41) is 5.55. The summed E-state index contributed by atoms with van der Waals surface area (Å²) in [6, 6.07) is 20.0. The molecule has 1 aromatic heterocycles. The first-order valence-corrected chi connectivity index (χ1v) is 11.0. The molecule has 1 aliphatic carbocycles. The van der Waals surface area contributed by atoms with E-state index in [1.807, 2.05) is 64.2 Å². The lowest BCUT2D eigenvalue weighted by Crippen LogP contribution is -2.48. The number of hydrogen-bond donors (Lipinski definition) is 0. The summed E-state index contributed by atoms with van der Waals surface area (Å²) < 4.78 is 1.83. The number of nitrogens with zero attached hydrogens (tertiary/aromatic N) is 4. The van der Waals surface area contributed by atoms with E-state index in [1.165, 1.54) is 18.4 Å². The molecule has 3 aromatic rings. The van der Waals surface area contributed by atoms with Crippen LogP contribution in [0, 0.1) is 0 Å². The zero-order chi connectivity index (χ0) is 20.5. The summed E-state index contributed by atoms with van der Waals surface area (Å²) >= 11 is 6.11. The van der Waals surface area contributed by atoms with Crippen molar-refractivity contribution in [2.45, 2.75) is 25.3 Å². The Morgan fingerprint density at radius 3 is 2.43 bits per heavy atom. The third-order valence-corrected chi connectivity index (χ3v) is 6.13. The highest BCUT2D eigenvalue weighted by atomic mass is 35.5. The first kappa shape index (κ1) is 19.3. The molecule has 0 N–H and O–H groups in total. The molecular weight excluding hydrogens is 396 g/mol. The smallest absolute Gasteiger partial charge is 0.272 e. The minimum atomic E-state index is 0.0701. The van der Waals surface area contributed by atoms with Crippen molar-refractivity contribution in [1.82, 2.24) is 19.6 Å². The maximum atomic E-state index is 13.4. The summed E-state index contributed by atoms with van der Waals surface area (Å²) in [4.78, 5) is 17.7. The minimum Gasteiger partial charge on any atom is -0.335 e. The van der Waals surface area contributed by atoms with Gasteiger partial charge in [-0.25, -0.2) is 4.68 Å². The predicted molar refractivity (Wildman–Crippen MR) is 118 cm³/mol. The molecule has 2 aromatic carbocycles. The van der Waals surface area contributed by atoms with Crippen LogP contribution in [0.5, 0.6) is 0 Å². The van der Waals surface area contributed by atoms with Gasteiger partial charge in [-0.05, 0) is 48.7 Å². The van der Waals surface area contributed by atoms with Gasteiger partial charge in [-0.3, -0.25) is 9.69 Å². The Labute approximate surface area is 181 Å². The largest absolute Gasteiger partial charge is 0.335 e. The van der Waals surface area contributed by atoms with Crippen LogP contribution in [0.1, 0.15) is 40.5 Å². The number of aromatic nitrogens is 2. The van der Waals surface area contributed by atoms with Crippen LogP contribution in [0.25, 0.3) is 5.69 Å². The zero-order valence-electron chi connectivity index (χ0n) is 16.9. The SMILES string of the molecule is O=C(c1cc(C2CC2)nn1-c1ccccc1)N1CCN(Cc2cccc(Cl)c2)CC1. The second-order valence-electron chi connectivity index (χ2n) is 8.17. The number of amides is 1. The quantitative estimate of drug-likeness (QED) is 0.615. The van der Waals surface area contributed by atoms with Gasteiger partial charge >= 0.3 is 0 Å². The Morgan fingerprint density at radius 1 is 0.967 bits per heavy atom. The van der Waals surface area contributed by atoms with Crippen LogP contribution >= 0.6 is 11.6 Å². The average molecular weight is 421 g/mol. The maximum absolute atomic E-state index is 13.4. The highest BCUT2D eigenvalue weighted by Gasteiger charge is 2.31. The predicted octanol–water partition coefficient (Wildman–Crippen LogP) is 4.36. The van der Waals surface area contributed by atoms with Crippen molar-refractivity contribution >= 4 is 17.5 Å². The fourth-order valence-electron chi connectivity index (χ4n) is 4.06. The van der Waals surface area contributed by atoms with Gasteiger partial charge in [-0.1, -0.05) is 41.9 Å². The molecule has 1 saturated carbocycles. The Kier molecular flexibility index (Phi) is 5.32. The Bertz CT molecular complexity index is 1040. The Morgan fingerprint density at radius 2 is 1.73 bits per heavy atom. The summed E-state index contributed by atoms with van der Waals surface area (Å²) in [5.41, 5.74) is 3.86. The van der Waals surface area contributed by atoms with Gasteiger partial charge in [0.1, 0.15) is 5.69 Å². The first-order chi connectivity index (χ1) is 14.7. The van der Waals surface area contributed by atoms with Gasteiger partial charge in [0, 0.05) is 43.7 Å². The summed E-state index contributed by atoms with van der Waals surface area (Å²) in [6.45, 7) is 4.01. The summed E-state index contributed by atoms with van der Waals surface area (Å²) in [7, 11) is 0. The monoisotopic (exact) mass is 420 g/mol. The number of piperazine rings is 1. The third-order valence-electron chi connectivity index (χ3n) is 5.90. The van der Waals surface area contributed by atoms with Crippen LogP contribution in [0.4, 0.5) is 0 Å². The molecule has 1 saturated heterocycles. The van der Waals surface area contributed by atoms with Crippen molar-refractivity contribution in [2.75, 3.05) is 26.2 Å². The number of halogens is 1. The molecule has 2 heterocycles. The minimum absolute atomic E-state index is 0.0701. The van der Waals surface area contributed by atoms with E-state index in [9.17, 15) is 4.79 Å². The van der Waals surface area contributed by atoms with Crippen LogP contribution < -0.4 is 0 Å². The zero-order valence-corrected chi connectivity index (χ0v) is 17.6. The van der Waals surface area contributed by atoms with Gasteiger partial charge in [0.2, 0.25) is 0 Å². The van der Waals surface area contributed by atoms with Gasteiger partial charge in [-0.15, -0.1) is 0 Å². The van der Waals surface area contributed by atoms with Gasteiger partial charge < -0.3 is 4.90 Å². The van der Waals surface area contributed by atoms with Crippen LogP contribution in [-0.2, 0) is 6.54 Å². The highest BCUT2D eigenvalue weighted by Crippen LogP contribution is 2.40. The number of benzene rings is 2. The van der Waals surface area contributed by atoms with Crippen molar-refractivity contribution in [3.05, 3.63) is 82.6 Å². The molecule has 1 aliphatic heterocycles. The summed E-state index contributed by atoms with van der Waals surface area (Å²) in [6.07, 6.45) is 2.34. The molecule has 0 atom stereocenters. The number of carbonyl (C=O) groups excluding carboxylic acids is 1. The summed E-state index contributed by atoms with van der Waals surface area (Å²) in [5.74, 6) is 0.580. The molecule has 5 rings (SSSR count). The van der Waals surface area contributed by atoms with Crippen molar-refractivity contribution in [2.24, 2.45) is 0 Å². The molecule has 2 fully saturated rings. The topological polar surface area (TPSA) is 41.4 Å². The third kappa shape index (κ3) is 4.13. The van der Waals surface area contributed by atoms with Gasteiger partial charge in [0.05, 0.1) is 11.4 Å². The van der Waals surface area contributed by atoms with Crippen LogP contribution in [-0.4, -0.2) is 51.7 Å². The molecule has 154 valence electrons. The van der Waals surface area contributed by atoms with E-state index in [0.29, 0.717) is 11.6 Å². The number of para-hydroxylation sites is 1. The van der Waals surface area contributed by atoms with Crippen LogP contribution in [0.15, 0.2) is 60.7 Å². The van der Waals surface area contributed by atoms with Crippen LogP contribution in [0.3, 0.4) is 0 Å².